The monoisotopic (exact) mass is 385 g/mol. The minimum Gasteiger partial charge on any atom is -0.497 e. The lowest BCUT2D eigenvalue weighted by Crippen LogP contribution is -2.23. The average molecular weight is 385 g/mol. The maximum atomic E-state index is 11.1. The zero-order chi connectivity index (χ0) is 20.4. The van der Waals surface area contributed by atoms with Crippen LogP contribution in [-0.2, 0) is 10.2 Å². The smallest absolute Gasteiger partial charge is 0.149 e. The molecule has 29 heavy (non-hydrogen) atoms. The van der Waals surface area contributed by atoms with E-state index in [2.05, 4.69) is 6.07 Å². The van der Waals surface area contributed by atoms with E-state index in [9.17, 15) is 10.1 Å². The molecule has 1 aliphatic rings. The van der Waals surface area contributed by atoms with Gasteiger partial charge in [0.25, 0.3) is 0 Å². The third-order valence-electron chi connectivity index (χ3n) is 5.25. The number of ether oxygens (including phenoxy) is 2. The van der Waals surface area contributed by atoms with Crippen LogP contribution in [0.5, 0.6) is 11.5 Å². The van der Waals surface area contributed by atoms with Gasteiger partial charge in [0.2, 0.25) is 0 Å². The summed E-state index contributed by atoms with van der Waals surface area (Å²) in [5.74, 6) is 2.02. The Labute approximate surface area is 168 Å². The SMILES string of the molecule is COc1ccc(-c2oc3cc(OC)ccc3c2C2(C#N)C=CC(C=O)=CC2)cc1. The molecule has 0 spiro atoms. The largest absolute Gasteiger partial charge is 0.497 e. The maximum Gasteiger partial charge on any atom is 0.149 e. The van der Waals surface area contributed by atoms with Crippen LogP contribution in [0.1, 0.15) is 12.0 Å². The van der Waals surface area contributed by atoms with E-state index in [0.717, 1.165) is 28.5 Å². The fraction of sp³-hybridized carbons (Fsp3) is 0.167. The first-order valence-corrected chi connectivity index (χ1v) is 9.15. The summed E-state index contributed by atoms with van der Waals surface area (Å²) in [6.45, 7) is 0. The van der Waals surface area contributed by atoms with Crippen molar-refractivity contribution >= 4 is 17.3 Å². The summed E-state index contributed by atoms with van der Waals surface area (Å²) >= 11 is 0. The number of furan rings is 1. The molecule has 2 aromatic carbocycles. The Morgan fingerprint density at radius 3 is 2.41 bits per heavy atom. The Bertz CT molecular complexity index is 1180. The van der Waals surface area contributed by atoms with Gasteiger partial charge in [0.05, 0.1) is 20.3 Å². The fourth-order valence-electron chi connectivity index (χ4n) is 3.66. The third-order valence-corrected chi connectivity index (χ3v) is 5.25. The van der Waals surface area contributed by atoms with Crippen molar-refractivity contribution in [1.82, 2.24) is 0 Å². The Morgan fingerprint density at radius 2 is 1.83 bits per heavy atom. The first-order valence-electron chi connectivity index (χ1n) is 9.15. The first kappa shape index (κ1) is 18.6. The second-order valence-electron chi connectivity index (χ2n) is 6.84. The van der Waals surface area contributed by atoms with Crippen LogP contribution in [0, 0.1) is 11.3 Å². The number of methoxy groups -OCH3 is 2. The second-order valence-corrected chi connectivity index (χ2v) is 6.84. The number of aldehydes is 1. The van der Waals surface area contributed by atoms with E-state index < -0.39 is 5.41 Å². The quantitative estimate of drug-likeness (QED) is 0.580. The standard InChI is InChI=1S/C24H19NO4/c1-27-18-5-3-17(4-6-18)23-22(20-8-7-19(28-2)13-21(20)29-23)24(15-25)11-9-16(14-26)10-12-24/h3-11,13-14H,12H2,1-2H3. The van der Waals surface area contributed by atoms with Crippen molar-refractivity contribution in [3.8, 4) is 28.9 Å². The Morgan fingerprint density at radius 1 is 1.10 bits per heavy atom. The predicted octanol–water partition coefficient (Wildman–Crippen LogP) is 4.96. The number of nitriles is 1. The highest BCUT2D eigenvalue weighted by Crippen LogP contribution is 2.46. The molecule has 0 fully saturated rings. The Hall–Kier alpha value is -3.78. The van der Waals surface area contributed by atoms with E-state index in [1.165, 1.54) is 0 Å². The highest BCUT2D eigenvalue weighted by atomic mass is 16.5. The summed E-state index contributed by atoms with van der Waals surface area (Å²) in [5.41, 5.74) is 1.88. The summed E-state index contributed by atoms with van der Waals surface area (Å²) in [7, 11) is 3.21. The zero-order valence-electron chi connectivity index (χ0n) is 16.1. The minimum atomic E-state index is -0.943. The van der Waals surface area contributed by atoms with Crippen LogP contribution in [0.2, 0.25) is 0 Å². The highest BCUT2D eigenvalue weighted by molar-refractivity contribution is 5.92. The predicted molar refractivity (Wildman–Crippen MR) is 110 cm³/mol. The molecule has 5 heteroatoms. The molecule has 0 saturated heterocycles. The van der Waals surface area contributed by atoms with Gasteiger partial charge in [0, 0.05) is 28.2 Å². The van der Waals surface area contributed by atoms with Crippen molar-refractivity contribution in [2.24, 2.45) is 0 Å². The normalized spacial score (nSPS) is 18.2. The molecule has 0 radical (unpaired) electrons. The Kier molecular flexibility index (Phi) is 4.69. The van der Waals surface area contributed by atoms with Crippen molar-refractivity contribution in [2.45, 2.75) is 11.8 Å². The van der Waals surface area contributed by atoms with Crippen LogP contribution < -0.4 is 9.47 Å². The number of benzene rings is 2. The van der Waals surface area contributed by atoms with E-state index in [1.54, 1.807) is 32.4 Å². The van der Waals surface area contributed by atoms with Gasteiger partial charge in [-0.1, -0.05) is 18.2 Å². The molecule has 1 aromatic heterocycles. The van der Waals surface area contributed by atoms with Crippen molar-refractivity contribution in [3.63, 3.8) is 0 Å². The third kappa shape index (κ3) is 3.09. The lowest BCUT2D eigenvalue weighted by molar-refractivity contribution is -0.104. The maximum absolute atomic E-state index is 11.1. The molecule has 144 valence electrons. The van der Waals surface area contributed by atoms with E-state index >= 15 is 0 Å². The van der Waals surface area contributed by atoms with Crippen LogP contribution in [0.4, 0.5) is 0 Å². The molecule has 0 bridgehead atoms. The summed E-state index contributed by atoms with van der Waals surface area (Å²) in [6.07, 6.45) is 6.45. The number of nitrogens with zero attached hydrogens (tertiary/aromatic N) is 1. The van der Waals surface area contributed by atoms with E-state index in [4.69, 9.17) is 13.9 Å². The molecule has 1 atom stereocenters. The number of hydrogen-bond donors (Lipinski definition) is 0. The lowest BCUT2D eigenvalue weighted by Gasteiger charge is -2.25. The first-order chi connectivity index (χ1) is 14.1. The number of fused-ring (bicyclic) bond motifs is 1. The van der Waals surface area contributed by atoms with Gasteiger partial charge in [-0.05, 0) is 42.8 Å². The molecule has 3 aromatic rings. The van der Waals surface area contributed by atoms with Crippen molar-refractivity contribution in [3.05, 3.63) is 71.8 Å². The van der Waals surface area contributed by atoms with Crippen LogP contribution >= 0.6 is 0 Å². The number of hydrogen-bond acceptors (Lipinski definition) is 5. The number of carbonyl (C=O) groups is 1. The molecule has 0 saturated carbocycles. The van der Waals surface area contributed by atoms with Gasteiger partial charge in [-0.15, -0.1) is 0 Å². The highest BCUT2D eigenvalue weighted by Gasteiger charge is 2.37. The molecule has 1 heterocycles. The van der Waals surface area contributed by atoms with Gasteiger partial charge in [-0.25, -0.2) is 0 Å². The topological polar surface area (TPSA) is 72.5 Å². The summed E-state index contributed by atoms with van der Waals surface area (Å²) < 4.78 is 16.8. The number of rotatable bonds is 5. The molecule has 4 rings (SSSR count). The van der Waals surface area contributed by atoms with Crippen molar-refractivity contribution < 1.29 is 18.7 Å². The zero-order valence-corrected chi connectivity index (χ0v) is 16.1. The number of allylic oxidation sites excluding steroid dienone is 4. The minimum absolute atomic E-state index is 0.387. The van der Waals surface area contributed by atoms with Crippen LogP contribution in [0.3, 0.4) is 0 Å². The molecule has 0 aliphatic heterocycles. The molecular weight excluding hydrogens is 366 g/mol. The number of carbonyl (C=O) groups excluding carboxylic acids is 1. The van der Waals surface area contributed by atoms with Gasteiger partial charge in [-0.2, -0.15) is 5.26 Å². The average Bonchev–Trinajstić information content (AvgIpc) is 3.18. The summed E-state index contributed by atoms with van der Waals surface area (Å²) in [4.78, 5) is 11.1. The van der Waals surface area contributed by atoms with Gasteiger partial charge in [0.15, 0.2) is 0 Å². The molecule has 0 N–H and O–H groups in total. The molecule has 0 amide bonds. The van der Waals surface area contributed by atoms with Gasteiger partial charge in [-0.3, -0.25) is 4.79 Å². The van der Waals surface area contributed by atoms with Gasteiger partial charge < -0.3 is 13.9 Å². The Balaban J connectivity index is 1.98. The fourth-order valence-corrected chi connectivity index (χ4v) is 3.66. The van der Waals surface area contributed by atoms with E-state index in [-0.39, 0.29) is 0 Å². The molecule has 5 nitrogen and oxygen atoms in total. The lowest BCUT2D eigenvalue weighted by atomic mass is 9.74. The summed E-state index contributed by atoms with van der Waals surface area (Å²) in [6, 6.07) is 15.5. The van der Waals surface area contributed by atoms with Gasteiger partial charge in [0.1, 0.15) is 34.5 Å². The molecule has 1 aliphatic carbocycles. The van der Waals surface area contributed by atoms with Crippen LogP contribution in [0.15, 0.2) is 70.7 Å². The molecular formula is C24H19NO4. The van der Waals surface area contributed by atoms with Crippen LogP contribution in [-0.4, -0.2) is 20.5 Å². The molecule has 1 unspecified atom stereocenters. The van der Waals surface area contributed by atoms with Crippen molar-refractivity contribution in [1.29, 1.82) is 5.26 Å². The van der Waals surface area contributed by atoms with Gasteiger partial charge >= 0.3 is 0 Å². The summed E-state index contributed by atoms with van der Waals surface area (Å²) in [5, 5.41) is 11.0. The van der Waals surface area contributed by atoms with E-state index in [1.807, 2.05) is 42.5 Å². The van der Waals surface area contributed by atoms with Crippen molar-refractivity contribution in [2.75, 3.05) is 14.2 Å². The van der Waals surface area contributed by atoms with E-state index in [0.29, 0.717) is 29.1 Å². The van der Waals surface area contributed by atoms with Crippen LogP contribution in [0.25, 0.3) is 22.3 Å². The second kappa shape index (κ2) is 7.33.